The largest absolute Gasteiger partial charge is 0.465 e. The van der Waals surface area contributed by atoms with Crippen LogP contribution in [-0.4, -0.2) is 32.1 Å². The summed E-state index contributed by atoms with van der Waals surface area (Å²) in [6, 6.07) is 8.23. The van der Waals surface area contributed by atoms with Gasteiger partial charge in [0.15, 0.2) is 5.65 Å². The minimum absolute atomic E-state index is 0.162. The Labute approximate surface area is 153 Å². The fourth-order valence-corrected chi connectivity index (χ4v) is 2.98. The van der Waals surface area contributed by atoms with Gasteiger partial charge in [-0.1, -0.05) is 26.0 Å². The van der Waals surface area contributed by atoms with Gasteiger partial charge in [-0.15, -0.1) is 0 Å². The molecule has 0 radical (unpaired) electrons. The topological polar surface area (TPSA) is 69.9 Å². The van der Waals surface area contributed by atoms with Crippen molar-refractivity contribution in [1.29, 1.82) is 0 Å². The fourth-order valence-electron chi connectivity index (χ4n) is 2.98. The average molecular weight is 352 g/mol. The van der Waals surface area contributed by atoms with Gasteiger partial charge in [0.25, 0.3) is 0 Å². The van der Waals surface area contributed by atoms with Crippen molar-refractivity contribution in [2.75, 3.05) is 6.61 Å². The van der Waals surface area contributed by atoms with Gasteiger partial charge in [-0.2, -0.15) is 0 Å². The van der Waals surface area contributed by atoms with E-state index in [0.29, 0.717) is 19.4 Å². The lowest BCUT2D eigenvalue weighted by Gasteiger charge is -2.09. The lowest BCUT2D eigenvalue weighted by molar-refractivity contribution is -0.143. The summed E-state index contributed by atoms with van der Waals surface area (Å²) in [5.74, 6) is 1.55. The zero-order chi connectivity index (χ0) is 18.7. The van der Waals surface area contributed by atoms with Gasteiger partial charge in [0, 0.05) is 24.9 Å². The highest BCUT2D eigenvalue weighted by molar-refractivity contribution is 5.76. The highest BCUT2D eigenvalue weighted by Gasteiger charge is 2.15. The third kappa shape index (κ3) is 3.59. The van der Waals surface area contributed by atoms with E-state index < -0.39 is 0 Å². The normalized spacial score (nSPS) is 11.1. The summed E-state index contributed by atoms with van der Waals surface area (Å²) >= 11 is 0. The molecule has 3 aromatic rings. The van der Waals surface area contributed by atoms with E-state index in [9.17, 15) is 4.79 Å². The Hall–Kier alpha value is -2.76. The Balaban J connectivity index is 1.90. The van der Waals surface area contributed by atoms with Crippen LogP contribution in [0.4, 0.5) is 0 Å². The lowest BCUT2D eigenvalue weighted by Crippen LogP contribution is -2.06. The molecule has 0 saturated carbocycles. The SMILES string of the molecule is CCC(=O)OCCc1ccc(-n2c(CC)nc3c(C)nc(C)nc32)cc1. The molecule has 0 aliphatic heterocycles. The van der Waals surface area contributed by atoms with Gasteiger partial charge in [0.1, 0.15) is 17.2 Å². The molecule has 136 valence electrons. The van der Waals surface area contributed by atoms with Crippen LogP contribution in [0.25, 0.3) is 16.9 Å². The van der Waals surface area contributed by atoms with Gasteiger partial charge in [-0.05, 0) is 31.5 Å². The number of aromatic nitrogens is 4. The van der Waals surface area contributed by atoms with Crippen molar-refractivity contribution in [3.8, 4) is 5.69 Å². The Morgan fingerprint density at radius 2 is 1.81 bits per heavy atom. The van der Waals surface area contributed by atoms with E-state index in [0.717, 1.165) is 46.2 Å². The Kier molecular flexibility index (Phi) is 5.30. The molecule has 2 aromatic heterocycles. The molecule has 2 heterocycles. The number of nitrogens with zero attached hydrogens (tertiary/aromatic N) is 4. The van der Waals surface area contributed by atoms with Crippen LogP contribution in [0.15, 0.2) is 24.3 Å². The van der Waals surface area contributed by atoms with E-state index in [2.05, 4.69) is 45.7 Å². The Bertz CT molecular complexity index is 929. The number of hydrogen-bond acceptors (Lipinski definition) is 5. The number of esters is 1. The van der Waals surface area contributed by atoms with Crippen molar-refractivity contribution in [3.05, 3.63) is 47.2 Å². The maximum absolute atomic E-state index is 11.2. The highest BCUT2D eigenvalue weighted by Crippen LogP contribution is 2.22. The standard InChI is InChI=1S/C20H24N4O2/c1-5-17-23-19-13(3)21-14(4)22-20(19)24(17)16-9-7-15(8-10-16)11-12-26-18(25)6-2/h7-10H,5-6,11-12H2,1-4H3. The first kappa shape index (κ1) is 18.0. The molecular formula is C20H24N4O2. The number of fused-ring (bicyclic) bond motifs is 1. The van der Waals surface area contributed by atoms with Crippen molar-refractivity contribution in [3.63, 3.8) is 0 Å². The molecule has 0 N–H and O–H groups in total. The summed E-state index contributed by atoms with van der Waals surface area (Å²) in [6.07, 6.45) is 1.93. The predicted molar refractivity (Wildman–Crippen MR) is 100 cm³/mol. The summed E-state index contributed by atoms with van der Waals surface area (Å²) in [6.45, 7) is 8.16. The highest BCUT2D eigenvalue weighted by atomic mass is 16.5. The van der Waals surface area contributed by atoms with E-state index in [4.69, 9.17) is 9.72 Å². The van der Waals surface area contributed by atoms with Crippen LogP contribution in [0.3, 0.4) is 0 Å². The minimum atomic E-state index is -0.162. The van der Waals surface area contributed by atoms with Gasteiger partial charge >= 0.3 is 5.97 Å². The molecule has 0 aliphatic carbocycles. The van der Waals surface area contributed by atoms with Gasteiger partial charge in [0.05, 0.1) is 12.3 Å². The molecule has 0 unspecified atom stereocenters. The second kappa shape index (κ2) is 7.64. The maximum atomic E-state index is 11.2. The Morgan fingerprint density at radius 3 is 2.46 bits per heavy atom. The van der Waals surface area contributed by atoms with E-state index >= 15 is 0 Å². The van der Waals surface area contributed by atoms with E-state index in [1.165, 1.54) is 0 Å². The van der Waals surface area contributed by atoms with Crippen LogP contribution < -0.4 is 0 Å². The van der Waals surface area contributed by atoms with Crippen LogP contribution >= 0.6 is 0 Å². The number of imidazole rings is 1. The lowest BCUT2D eigenvalue weighted by atomic mass is 10.1. The number of carbonyl (C=O) groups excluding carboxylic acids is 1. The quantitative estimate of drug-likeness (QED) is 0.635. The summed E-state index contributed by atoms with van der Waals surface area (Å²) in [7, 11) is 0. The predicted octanol–water partition coefficient (Wildman–Crippen LogP) is 3.49. The van der Waals surface area contributed by atoms with Crippen molar-refractivity contribution >= 4 is 17.1 Å². The average Bonchev–Trinajstić information content (AvgIpc) is 3.01. The second-order valence-electron chi connectivity index (χ2n) is 6.24. The third-order valence-electron chi connectivity index (χ3n) is 4.32. The van der Waals surface area contributed by atoms with Crippen molar-refractivity contribution < 1.29 is 9.53 Å². The van der Waals surface area contributed by atoms with Gasteiger partial charge in [0.2, 0.25) is 0 Å². The zero-order valence-corrected chi connectivity index (χ0v) is 15.7. The fraction of sp³-hybridized carbons (Fsp3) is 0.400. The first-order chi connectivity index (χ1) is 12.5. The number of ether oxygens (including phenoxy) is 1. The van der Waals surface area contributed by atoms with Crippen molar-refractivity contribution in [1.82, 2.24) is 19.5 Å². The molecule has 0 saturated heterocycles. The van der Waals surface area contributed by atoms with E-state index in [-0.39, 0.29) is 5.97 Å². The zero-order valence-electron chi connectivity index (χ0n) is 15.7. The maximum Gasteiger partial charge on any atom is 0.305 e. The number of carbonyl (C=O) groups is 1. The number of rotatable bonds is 6. The summed E-state index contributed by atoms with van der Waals surface area (Å²) in [4.78, 5) is 25.0. The smallest absolute Gasteiger partial charge is 0.305 e. The van der Waals surface area contributed by atoms with E-state index in [1.807, 2.05) is 13.8 Å². The first-order valence-electron chi connectivity index (χ1n) is 9.01. The van der Waals surface area contributed by atoms with Crippen LogP contribution in [-0.2, 0) is 22.4 Å². The van der Waals surface area contributed by atoms with Crippen molar-refractivity contribution in [2.24, 2.45) is 0 Å². The summed E-state index contributed by atoms with van der Waals surface area (Å²) < 4.78 is 7.24. The van der Waals surface area contributed by atoms with Crippen LogP contribution in [0.5, 0.6) is 0 Å². The number of benzene rings is 1. The van der Waals surface area contributed by atoms with Crippen LogP contribution in [0, 0.1) is 13.8 Å². The van der Waals surface area contributed by atoms with Gasteiger partial charge in [-0.3, -0.25) is 9.36 Å². The molecule has 0 spiro atoms. The molecule has 26 heavy (non-hydrogen) atoms. The molecular weight excluding hydrogens is 328 g/mol. The molecule has 6 nitrogen and oxygen atoms in total. The number of aryl methyl sites for hydroxylation is 3. The van der Waals surface area contributed by atoms with Gasteiger partial charge < -0.3 is 4.74 Å². The molecule has 0 aliphatic rings. The first-order valence-corrected chi connectivity index (χ1v) is 9.01. The molecule has 0 atom stereocenters. The van der Waals surface area contributed by atoms with Gasteiger partial charge in [-0.25, -0.2) is 15.0 Å². The van der Waals surface area contributed by atoms with Crippen LogP contribution in [0.2, 0.25) is 0 Å². The molecule has 1 aromatic carbocycles. The molecule has 3 rings (SSSR count). The summed E-state index contributed by atoms with van der Waals surface area (Å²) in [5.41, 5.74) is 4.74. The monoisotopic (exact) mass is 352 g/mol. The molecule has 0 fully saturated rings. The minimum Gasteiger partial charge on any atom is -0.465 e. The molecule has 0 amide bonds. The Morgan fingerprint density at radius 1 is 1.08 bits per heavy atom. The third-order valence-corrected chi connectivity index (χ3v) is 4.32. The number of hydrogen-bond donors (Lipinski definition) is 0. The second-order valence-corrected chi connectivity index (χ2v) is 6.24. The molecule has 0 bridgehead atoms. The van der Waals surface area contributed by atoms with Crippen LogP contribution in [0.1, 0.15) is 43.2 Å². The summed E-state index contributed by atoms with van der Waals surface area (Å²) in [5, 5.41) is 0. The van der Waals surface area contributed by atoms with Crippen molar-refractivity contribution in [2.45, 2.75) is 47.0 Å². The van der Waals surface area contributed by atoms with E-state index in [1.54, 1.807) is 6.92 Å². The molecule has 6 heteroatoms.